The van der Waals surface area contributed by atoms with E-state index in [0.717, 1.165) is 19.2 Å². The van der Waals surface area contributed by atoms with Crippen LogP contribution in [-0.2, 0) is 14.3 Å². The van der Waals surface area contributed by atoms with Gasteiger partial charge in [0.25, 0.3) is 0 Å². The number of hydrogen-bond acceptors (Lipinski definition) is 6. The van der Waals surface area contributed by atoms with Gasteiger partial charge in [-0.05, 0) is 30.7 Å². The third-order valence-corrected chi connectivity index (χ3v) is 2.73. The second kappa shape index (κ2) is 7.70. The maximum atomic E-state index is 13.4. The molecule has 2 unspecified atom stereocenters. The predicted octanol–water partition coefficient (Wildman–Crippen LogP) is 0.960. The quantitative estimate of drug-likeness (QED) is 0.760. The first kappa shape index (κ1) is 17.1. The third kappa shape index (κ3) is 4.80. The molecule has 0 radical (unpaired) electrons. The molecular formula is C14H17FO6. The van der Waals surface area contributed by atoms with E-state index in [2.05, 4.69) is 9.47 Å². The highest BCUT2D eigenvalue weighted by Crippen LogP contribution is 2.22. The first-order valence-electron chi connectivity index (χ1n) is 6.29. The zero-order chi connectivity index (χ0) is 16.0. The molecule has 0 aliphatic heterocycles. The van der Waals surface area contributed by atoms with Crippen LogP contribution < -0.4 is 0 Å². The summed E-state index contributed by atoms with van der Waals surface area (Å²) in [6, 6.07) is 3.10. The molecule has 0 heterocycles. The lowest BCUT2D eigenvalue weighted by Crippen LogP contribution is -2.23. The number of ether oxygens (including phenoxy) is 2. The molecule has 1 rings (SSSR count). The van der Waals surface area contributed by atoms with Gasteiger partial charge in [-0.2, -0.15) is 0 Å². The lowest BCUT2D eigenvalue weighted by atomic mass is 10.00. The second-order valence-electron chi connectivity index (χ2n) is 4.29. The Kier molecular flexibility index (Phi) is 6.26. The molecule has 0 aliphatic carbocycles. The zero-order valence-corrected chi connectivity index (χ0v) is 11.7. The summed E-state index contributed by atoms with van der Waals surface area (Å²) >= 11 is 0. The van der Waals surface area contributed by atoms with Crippen molar-refractivity contribution >= 4 is 11.9 Å². The number of aliphatic hydroxyl groups excluding tert-OH is 2. The first-order chi connectivity index (χ1) is 9.88. The number of carbonyl (C=O) groups is 2. The minimum Gasteiger partial charge on any atom is -0.466 e. The van der Waals surface area contributed by atoms with Gasteiger partial charge in [0.1, 0.15) is 11.9 Å². The first-order valence-corrected chi connectivity index (χ1v) is 6.29. The van der Waals surface area contributed by atoms with Crippen molar-refractivity contribution < 1.29 is 33.7 Å². The van der Waals surface area contributed by atoms with Crippen LogP contribution in [-0.4, -0.2) is 42.0 Å². The van der Waals surface area contributed by atoms with Gasteiger partial charge in [-0.3, -0.25) is 4.79 Å². The largest absolute Gasteiger partial charge is 0.466 e. The smallest absolute Gasteiger partial charge is 0.337 e. The van der Waals surface area contributed by atoms with Gasteiger partial charge in [-0.25, -0.2) is 9.18 Å². The number of carbonyl (C=O) groups excluding carboxylic acids is 2. The van der Waals surface area contributed by atoms with Crippen molar-refractivity contribution in [2.45, 2.75) is 25.6 Å². The molecule has 7 heteroatoms. The second-order valence-corrected chi connectivity index (χ2v) is 4.29. The molecule has 1 aromatic carbocycles. The number of rotatable bonds is 6. The van der Waals surface area contributed by atoms with Crippen LogP contribution in [0.4, 0.5) is 4.39 Å². The maximum Gasteiger partial charge on any atom is 0.337 e. The fraction of sp³-hybridized carbons (Fsp3) is 0.429. The SMILES string of the molecule is CCOC(=O)CC(O)C(O)c1cc(F)cc(C(=O)OC)c1. The average molecular weight is 300 g/mol. The van der Waals surface area contributed by atoms with Crippen LogP contribution in [0.1, 0.15) is 35.4 Å². The van der Waals surface area contributed by atoms with E-state index >= 15 is 0 Å². The van der Waals surface area contributed by atoms with E-state index in [0.29, 0.717) is 0 Å². The Morgan fingerprint density at radius 1 is 1.29 bits per heavy atom. The Balaban J connectivity index is 2.91. The molecule has 21 heavy (non-hydrogen) atoms. The van der Waals surface area contributed by atoms with Crippen molar-refractivity contribution in [3.05, 3.63) is 35.1 Å². The molecule has 0 spiro atoms. The molecule has 6 nitrogen and oxygen atoms in total. The van der Waals surface area contributed by atoms with Gasteiger partial charge in [0.05, 0.1) is 31.8 Å². The van der Waals surface area contributed by atoms with Crippen LogP contribution in [0.5, 0.6) is 0 Å². The Morgan fingerprint density at radius 2 is 1.95 bits per heavy atom. The zero-order valence-electron chi connectivity index (χ0n) is 11.7. The summed E-state index contributed by atoms with van der Waals surface area (Å²) < 4.78 is 22.5. The van der Waals surface area contributed by atoms with Crippen molar-refractivity contribution in [1.82, 2.24) is 0 Å². The summed E-state index contributed by atoms with van der Waals surface area (Å²) in [4.78, 5) is 22.6. The van der Waals surface area contributed by atoms with Crippen molar-refractivity contribution in [3.8, 4) is 0 Å². The molecule has 2 N–H and O–H groups in total. The van der Waals surface area contributed by atoms with E-state index < -0.39 is 36.4 Å². The molecule has 1 aromatic rings. The Hall–Kier alpha value is -1.99. The molecule has 0 fully saturated rings. The predicted molar refractivity (Wildman–Crippen MR) is 70.0 cm³/mol. The summed E-state index contributed by atoms with van der Waals surface area (Å²) in [5.74, 6) is -2.23. The van der Waals surface area contributed by atoms with Crippen molar-refractivity contribution in [1.29, 1.82) is 0 Å². The number of aliphatic hydroxyl groups is 2. The molecule has 0 bridgehead atoms. The molecule has 2 atom stereocenters. The Morgan fingerprint density at radius 3 is 2.52 bits per heavy atom. The average Bonchev–Trinajstić information content (AvgIpc) is 2.44. The van der Waals surface area contributed by atoms with Gasteiger partial charge in [0.2, 0.25) is 0 Å². The van der Waals surface area contributed by atoms with Crippen molar-refractivity contribution in [3.63, 3.8) is 0 Å². The fourth-order valence-electron chi connectivity index (χ4n) is 1.74. The Labute approximate surface area is 121 Å². The third-order valence-electron chi connectivity index (χ3n) is 2.73. The van der Waals surface area contributed by atoms with Gasteiger partial charge < -0.3 is 19.7 Å². The van der Waals surface area contributed by atoms with Gasteiger partial charge >= 0.3 is 11.9 Å². The van der Waals surface area contributed by atoms with Crippen LogP contribution in [0.3, 0.4) is 0 Å². The van der Waals surface area contributed by atoms with Crippen molar-refractivity contribution in [2.75, 3.05) is 13.7 Å². The Bertz CT molecular complexity index is 516. The van der Waals surface area contributed by atoms with Gasteiger partial charge in [0.15, 0.2) is 0 Å². The molecule has 0 aliphatic rings. The summed E-state index contributed by atoms with van der Waals surface area (Å²) in [7, 11) is 1.14. The van der Waals surface area contributed by atoms with Gasteiger partial charge in [-0.15, -0.1) is 0 Å². The van der Waals surface area contributed by atoms with E-state index in [-0.39, 0.29) is 17.7 Å². The van der Waals surface area contributed by atoms with E-state index in [1.807, 2.05) is 0 Å². The monoisotopic (exact) mass is 300 g/mol. The molecule has 0 aromatic heterocycles. The van der Waals surface area contributed by atoms with Crippen LogP contribution in [0, 0.1) is 5.82 Å². The van der Waals surface area contributed by atoms with E-state index in [4.69, 9.17) is 0 Å². The van der Waals surface area contributed by atoms with Crippen LogP contribution in [0.2, 0.25) is 0 Å². The minimum atomic E-state index is -1.53. The maximum absolute atomic E-state index is 13.4. The highest BCUT2D eigenvalue weighted by atomic mass is 19.1. The fourth-order valence-corrected chi connectivity index (χ4v) is 1.74. The van der Waals surface area contributed by atoms with E-state index in [9.17, 15) is 24.2 Å². The number of hydrogen-bond donors (Lipinski definition) is 2. The summed E-state index contributed by atoms with van der Waals surface area (Å²) in [6.07, 6.45) is -3.45. The standard InChI is InChI=1S/C14H17FO6/c1-3-21-12(17)7-11(16)13(18)8-4-9(14(19)20-2)6-10(15)5-8/h4-6,11,13,16,18H,3,7H2,1-2H3. The highest BCUT2D eigenvalue weighted by Gasteiger charge is 2.23. The van der Waals surface area contributed by atoms with Crippen molar-refractivity contribution in [2.24, 2.45) is 0 Å². The summed E-state index contributed by atoms with van der Waals surface area (Å²) in [6.45, 7) is 1.75. The lowest BCUT2D eigenvalue weighted by Gasteiger charge is -2.18. The summed E-state index contributed by atoms with van der Waals surface area (Å²) in [5, 5.41) is 19.7. The summed E-state index contributed by atoms with van der Waals surface area (Å²) in [5.41, 5.74) is -0.137. The number of esters is 2. The molecule has 0 saturated heterocycles. The van der Waals surface area contributed by atoms with Gasteiger partial charge in [0, 0.05) is 0 Å². The highest BCUT2D eigenvalue weighted by molar-refractivity contribution is 5.89. The van der Waals surface area contributed by atoms with Crippen LogP contribution in [0.25, 0.3) is 0 Å². The molecule has 116 valence electrons. The molecule has 0 amide bonds. The van der Waals surface area contributed by atoms with Crippen LogP contribution in [0.15, 0.2) is 18.2 Å². The number of halogens is 1. The lowest BCUT2D eigenvalue weighted by molar-refractivity contribution is -0.147. The van der Waals surface area contributed by atoms with E-state index in [1.165, 1.54) is 6.07 Å². The molecular weight excluding hydrogens is 283 g/mol. The van der Waals surface area contributed by atoms with Crippen LogP contribution >= 0.6 is 0 Å². The topological polar surface area (TPSA) is 93.1 Å². The number of methoxy groups -OCH3 is 1. The minimum absolute atomic E-state index is 0.0350. The molecule has 0 saturated carbocycles. The van der Waals surface area contributed by atoms with E-state index in [1.54, 1.807) is 6.92 Å². The van der Waals surface area contributed by atoms with Gasteiger partial charge in [-0.1, -0.05) is 0 Å². The normalized spacial score (nSPS) is 13.4. The number of benzene rings is 1.